The molecule has 0 aliphatic rings. The van der Waals surface area contributed by atoms with Crippen molar-refractivity contribution in [1.29, 1.82) is 0 Å². The highest BCUT2D eigenvalue weighted by molar-refractivity contribution is 7.17. The predicted octanol–water partition coefficient (Wildman–Crippen LogP) is 3.16. The van der Waals surface area contributed by atoms with E-state index in [4.69, 9.17) is 0 Å². The molecular formula is C12H9NO2S. The number of thiazole rings is 1. The lowest BCUT2D eigenvalue weighted by molar-refractivity contribution is 0.0701. The van der Waals surface area contributed by atoms with Crippen molar-refractivity contribution in [1.82, 2.24) is 4.40 Å². The molecule has 2 heterocycles. The van der Waals surface area contributed by atoms with Gasteiger partial charge >= 0.3 is 5.97 Å². The van der Waals surface area contributed by atoms with E-state index in [1.54, 1.807) is 0 Å². The molecule has 2 aromatic heterocycles. The maximum atomic E-state index is 11.3. The largest absolute Gasteiger partial charge is 0.478 e. The number of carboxylic acid groups (broad SMARTS) is 1. The van der Waals surface area contributed by atoms with Gasteiger partial charge in [-0.05, 0) is 13.0 Å². The summed E-state index contributed by atoms with van der Waals surface area (Å²) in [5.74, 6) is -0.861. The van der Waals surface area contributed by atoms with Crippen LogP contribution >= 0.6 is 11.3 Å². The molecule has 3 aromatic rings. The fourth-order valence-electron chi connectivity index (χ4n) is 2.04. The Hall–Kier alpha value is -1.81. The zero-order valence-corrected chi connectivity index (χ0v) is 9.41. The van der Waals surface area contributed by atoms with Crippen molar-refractivity contribution < 1.29 is 9.90 Å². The van der Waals surface area contributed by atoms with Crippen molar-refractivity contribution in [3.63, 3.8) is 0 Å². The molecule has 3 nitrogen and oxygen atoms in total. The second-order valence-electron chi connectivity index (χ2n) is 3.71. The third-order valence-corrected chi connectivity index (χ3v) is 3.67. The number of benzene rings is 1. The molecule has 0 aliphatic heterocycles. The molecule has 0 amide bonds. The van der Waals surface area contributed by atoms with Gasteiger partial charge < -0.3 is 9.51 Å². The molecule has 1 aromatic carbocycles. The summed E-state index contributed by atoms with van der Waals surface area (Å²) in [7, 11) is 0. The minimum absolute atomic E-state index is 0.411. The van der Waals surface area contributed by atoms with Crippen LogP contribution in [-0.2, 0) is 0 Å². The number of carbonyl (C=O) groups is 1. The number of carboxylic acids is 1. The topological polar surface area (TPSA) is 41.7 Å². The van der Waals surface area contributed by atoms with Gasteiger partial charge in [0.25, 0.3) is 0 Å². The van der Waals surface area contributed by atoms with Gasteiger partial charge in [0.15, 0.2) is 0 Å². The van der Waals surface area contributed by atoms with Crippen LogP contribution in [0.5, 0.6) is 0 Å². The fraction of sp³-hybridized carbons (Fsp3) is 0.0833. The van der Waals surface area contributed by atoms with Crippen LogP contribution in [0.1, 0.15) is 15.2 Å². The summed E-state index contributed by atoms with van der Waals surface area (Å²) in [4.78, 5) is 13.2. The van der Waals surface area contributed by atoms with E-state index in [0.717, 1.165) is 20.6 Å². The first-order chi connectivity index (χ1) is 7.68. The normalized spacial score (nSPS) is 11.3. The van der Waals surface area contributed by atoms with Gasteiger partial charge in [-0.3, -0.25) is 0 Å². The molecule has 1 N–H and O–H groups in total. The third kappa shape index (κ3) is 1.10. The van der Waals surface area contributed by atoms with Crippen molar-refractivity contribution in [3.05, 3.63) is 40.9 Å². The maximum absolute atomic E-state index is 11.3. The third-order valence-electron chi connectivity index (χ3n) is 2.65. The molecule has 0 atom stereocenters. The Kier molecular flexibility index (Phi) is 1.82. The Morgan fingerprint density at radius 1 is 1.38 bits per heavy atom. The number of rotatable bonds is 1. The zero-order valence-electron chi connectivity index (χ0n) is 8.60. The van der Waals surface area contributed by atoms with Crippen molar-refractivity contribution in [2.24, 2.45) is 0 Å². The van der Waals surface area contributed by atoms with E-state index >= 15 is 0 Å². The molecule has 80 valence electrons. The lowest BCUT2D eigenvalue weighted by atomic mass is 10.2. The van der Waals surface area contributed by atoms with Crippen molar-refractivity contribution in [2.75, 3.05) is 0 Å². The molecule has 3 rings (SSSR count). The lowest BCUT2D eigenvalue weighted by Crippen LogP contribution is -1.94. The summed E-state index contributed by atoms with van der Waals surface area (Å²) in [6.45, 7) is 1.98. The van der Waals surface area contributed by atoms with E-state index in [-0.39, 0.29) is 0 Å². The molecule has 0 fully saturated rings. The SMILES string of the molecule is Cc1cn2c(s1)c(C(=O)O)c1ccccc12. The molecule has 16 heavy (non-hydrogen) atoms. The second-order valence-corrected chi connectivity index (χ2v) is 4.95. The van der Waals surface area contributed by atoms with E-state index in [9.17, 15) is 9.90 Å². The van der Waals surface area contributed by atoms with Crippen LogP contribution in [0.25, 0.3) is 15.7 Å². The van der Waals surface area contributed by atoms with Gasteiger partial charge in [0, 0.05) is 16.5 Å². The Bertz CT molecular complexity index is 708. The number of nitrogens with zero attached hydrogens (tertiary/aromatic N) is 1. The lowest BCUT2D eigenvalue weighted by Gasteiger charge is -1.91. The second kappa shape index (κ2) is 3.09. The first kappa shape index (κ1) is 9.42. The first-order valence-electron chi connectivity index (χ1n) is 4.91. The number of fused-ring (bicyclic) bond motifs is 3. The number of aromatic carboxylic acids is 1. The fourth-order valence-corrected chi connectivity index (χ4v) is 3.05. The Morgan fingerprint density at radius 3 is 2.88 bits per heavy atom. The van der Waals surface area contributed by atoms with Gasteiger partial charge in [-0.25, -0.2) is 4.79 Å². The average molecular weight is 231 g/mol. The highest BCUT2D eigenvalue weighted by Gasteiger charge is 2.18. The Morgan fingerprint density at radius 2 is 2.12 bits per heavy atom. The molecule has 0 saturated heterocycles. The van der Waals surface area contributed by atoms with Crippen LogP contribution in [0.2, 0.25) is 0 Å². The molecule has 0 radical (unpaired) electrons. The van der Waals surface area contributed by atoms with Gasteiger partial charge in [-0.1, -0.05) is 18.2 Å². The van der Waals surface area contributed by atoms with Gasteiger partial charge in [-0.15, -0.1) is 11.3 Å². The number of aryl methyl sites for hydroxylation is 1. The van der Waals surface area contributed by atoms with E-state index in [2.05, 4.69) is 0 Å². The molecular weight excluding hydrogens is 222 g/mol. The van der Waals surface area contributed by atoms with Crippen LogP contribution in [0, 0.1) is 6.92 Å². The minimum Gasteiger partial charge on any atom is -0.478 e. The Balaban J connectivity index is 2.61. The molecule has 0 aliphatic carbocycles. The number of hydrogen-bond acceptors (Lipinski definition) is 2. The summed E-state index contributed by atoms with van der Waals surface area (Å²) in [6.07, 6.45) is 1.98. The summed E-state index contributed by atoms with van der Waals surface area (Å²) in [5.41, 5.74) is 1.37. The average Bonchev–Trinajstić information content (AvgIpc) is 2.72. The van der Waals surface area contributed by atoms with Crippen LogP contribution < -0.4 is 0 Å². The van der Waals surface area contributed by atoms with Crippen molar-refractivity contribution >= 4 is 33.0 Å². The highest BCUT2D eigenvalue weighted by atomic mass is 32.1. The number of hydrogen-bond donors (Lipinski definition) is 1. The molecule has 0 bridgehead atoms. The molecule has 0 saturated carbocycles. The minimum atomic E-state index is -0.861. The summed E-state index contributed by atoms with van der Waals surface area (Å²) in [6, 6.07) is 7.59. The van der Waals surface area contributed by atoms with Crippen LogP contribution in [-0.4, -0.2) is 15.5 Å². The predicted molar refractivity (Wildman–Crippen MR) is 64.5 cm³/mol. The van der Waals surface area contributed by atoms with Crippen LogP contribution in [0.15, 0.2) is 30.5 Å². The van der Waals surface area contributed by atoms with E-state index in [1.165, 1.54) is 11.3 Å². The number of aromatic nitrogens is 1. The standard InChI is InChI=1S/C12H9NO2S/c1-7-6-13-9-5-3-2-4-8(9)10(12(14)15)11(13)16-7/h2-6H,1H3,(H,14,15). The van der Waals surface area contributed by atoms with E-state index < -0.39 is 5.97 Å². The smallest absolute Gasteiger partial charge is 0.339 e. The quantitative estimate of drug-likeness (QED) is 0.699. The molecule has 4 heteroatoms. The van der Waals surface area contributed by atoms with Crippen molar-refractivity contribution in [2.45, 2.75) is 6.92 Å². The monoisotopic (exact) mass is 231 g/mol. The Labute approximate surface area is 95.6 Å². The maximum Gasteiger partial charge on any atom is 0.339 e. The van der Waals surface area contributed by atoms with Gasteiger partial charge in [0.2, 0.25) is 0 Å². The van der Waals surface area contributed by atoms with Crippen LogP contribution in [0.3, 0.4) is 0 Å². The summed E-state index contributed by atoms with van der Waals surface area (Å²) in [5, 5.41) is 10.1. The summed E-state index contributed by atoms with van der Waals surface area (Å²) < 4.78 is 1.96. The molecule has 0 unspecified atom stereocenters. The van der Waals surface area contributed by atoms with E-state index in [1.807, 2.05) is 41.8 Å². The van der Waals surface area contributed by atoms with Gasteiger partial charge in [-0.2, -0.15) is 0 Å². The van der Waals surface area contributed by atoms with Crippen LogP contribution in [0.4, 0.5) is 0 Å². The molecule has 0 spiro atoms. The van der Waals surface area contributed by atoms with Crippen molar-refractivity contribution in [3.8, 4) is 0 Å². The van der Waals surface area contributed by atoms with E-state index in [0.29, 0.717) is 5.56 Å². The first-order valence-corrected chi connectivity index (χ1v) is 5.72. The zero-order chi connectivity index (χ0) is 11.3. The van der Waals surface area contributed by atoms with Gasteiger partial charge in [0.05, 0.1) is 5.52 Å². The van der Waals surface area contributed by atoms with Gasteiger partial charge in [0.1, 0.15) is 10.4 Å². The summed E-state index contributed by atoms with van der Waals surface area (Å²) >= 11 is 1.51. The highest BCUT2D eigenvalue weighted by Crippen LogP contribution is 2.31. The number of para-hydroxylation sites is 1.